The molecule has 0 atom stereocenters. The fraction of sp³-hybridized carbons (Fsp3) is 0.455. The van der Waals surface area contributed by atoms with Crippen LogP contribution in [0.25, 0.3) is 0 Å². The number of dihydropyridines is 1. The Labute approximate surface area is 173 Å². The average Bonchev–Trinajstić information content (AvgIpc) is 2.68. The van der Waals surface area contributed by atoms with Crippen LogP contribution in [0, 0.1) is 0 Å². The van der Waals surface area contributed by atoms with Crippen LogP contribution in [0.5, 0.6) is 0 Å². The number of unbranched alkanes of at least 4 members (excludes halogenated alkanes) is 2. The van der Waals surface area contributed by atoms with Gasteiger partial charge in [-0.3, -0.25) is 0 Å². The van der Waals surface area contributed by atoms with E-state index in [9.17, 15) is 33.0 Å². The van der Waals surface area contributed by atoms with Crippen molar-refractivity contribution in [1.29, 1.82) is 0 Å². The minimum atomic E-state index is -4.54. The highest BCUT2D eigenvalue weighted by molar-refractivity contribution is 5.98. The van der Waals surface area contributed by atoms with Gasteiger partial charge in [0.1, 0.15) is 0 Å². The smallest absolute Gasteiger partial charge is 0.416 e. The van der Waals surface area contributed by atoms with E-state index < -0.39 is 29.6 Å². The van der Waals surface area contributed by atoms with E-state index in [2.05, 4.69) is 5.32 Å². The van der Waals surface area contributed by atoms with Crippen molar-refractivity contribution in [2.75, 3.05) is 0 Å². The fourth-order valence-electron chi connectivity index (χ4n) is 3.61. The first-order valence-electron chi connectivity index (χ1n) is 9.98. The van der Waals surface area contributed by atoms with Gasteiger partial charge in [-0.25, -0.2) is 9.59 Å². The number of alkyl halides is 3. The quantitative estimate of drug-likeness (QED) is 0.490. The Bertz CT molecular complexity index is 812. The number of nitrogens with one attached hydrogen (secondary N) is 1. The van der Waals surface area contributed by atoms with Gasteiger partial charge in [-0.05, 0) is 43.4 Å². The van der Waals surface area contributed by atoms with Crippen LogP contribution >= 0.6 is 0 Å². The second kappa shape index (κ2) is 9.82. The molecule has 0 spiro atoms. The van der Waals surface area contributed by atoms with Crippen molar-refractivity contribution in [1.82, 2.24) is 5.32 Å². The zero-order valence-corrected chi connectivity index (χ0v) is 17.0. The van der Waals surface area contributed by atoms with Gasteiger partial charge < -0.3 is 15.5 Å². The molecule has 30 heavy (non-hydrogen) atoms. The molecule has 1 aromatic carbocycles. The number of hydrogen-bond acceptors (Lipinski definition) is 3. The molecule has 1 aliphatic rings. The third-order valence-corrected chi connectivity index (χ3v) is 5.12. The number of benzene rings is 1. The molecule has 0 saturated heterocycles. The molecule has 3 N–H and O–H groups in total. The Morgan fingerprint density at radius 3 is 1.67 bits per heavy atom. The molecule has 1 aliphatic heterocycles. The van der Waals surface area contributed by atoms with E-state index >= 15 is 0 Å². The lowest BCUT2D eigenvalue weighted by atomic mass is 9.78. The van der Waals surface area contributed by atoms with Crippen molar-refractivity contribution in [3.8, 4) is 0 Å². The zero-order chi connectivity index (χ0) is 22.5. The highest BCUT2D eigenvalue weighted by Crippen LogP contribution is 2.41. The summed E-state index contributed by atoms with van der Waals surface area (Å²) in [5.41, 5.74) is -0.0704. The van der Waals surface area contributed by atoms with Gasteiger partial charge in [-0.1, -0.05) is 38.8 Å². The molecule has 164 valence electrons. The van der Waals surface area contributed by atoms with Crippen molar-refractivity contribution < 1.29 is 33.0 Å². The average molecular weight is 425 g/mol. The van der Waals surface area contributed by atoms with Crippen molar-refractivity contribution in [3.05, 3.63) is 57.9 Å². The maximum atomic E-state index is 13.0. The summed E-state index contributed by atoms with van der Waals surface area (Å²) >= 11 is 0. The van der Waals surface area contributed by atoms with Gasteiger partial charge in [-0.15, -0.1) is 0 Å². The molecule has 8 heteroatoms. The predicted octanol–water partition coefficient (Wildman–Crippen LogP) is 5.45. The molecule has 1 aromatic rings. The third-order valence-electron chi connectivity index (χ3n) is 5.12. The number of allylic oxidation sites excluding steroid dienone is 2. The molecule has 0 bridgehead atoms. The minimum Gasteiger partial charge on any atom is -0.478 e. The van der Waals surface area contributed by atoms with Gasteiger partial charge in [0.05, 0.1) is 22.6 Å². The second-order valence-electron chi connectivity index (χ2n) is 7.28. The largest absolute Gasteiger partial charge is 0.478 e. The van der Waals surface area contributed by atoms with Gasteiger partial charge in [0, 0.05) is 11.4 Å². The highest BCUT2D eigenvalue weighted by atomic mass is 19.4. The van der Waals surface area contributed by atoms with Crippen molar-refractivity contribution in [2.24, 2.45) is 0 Å². The normalized spacial score (nSPS) is 15.4. The zero-order valence-electron chi connectivity index (χ0n) is 17.0. The van der Waals surface area contributed by atoms with Crippen molar-refractivity contribution in [3.63, 3.8) is 0 Å². The Morgan fingerprint density at radius 1 is 0.900 bits per heavy atom. The summed E-state index contributed by atoms with van der Waals surface area (Å²) in [5.74, 6) is -3.72. The van der Waals surface area contributed by atoms with E-state index in [1.54, 1.807) is 0 Å². The fourth-order valence-corrected chi connectivity index (χ4v) is 3.61. The summed E-state index contributed by atoms with van der Waals surface area (Å²) < 4.78 is 38.9. The Hall–Kier alpha value is -2.77. The van der Waals surface area contributed by atoms with Gasteiger partial charge >= 0.3 is 18.1 Å². The monoisotopic (exact) mass is 425 g/mol. The van der Waals surface area contributed by atoms with Crippen molar-refractivity contribution >= 4 is 11.9 Å². The van der Waals surface area contributed by atoms with Crippen LogP contribution in [0.3, 0.4) is 0 Å². The molecule has 5 nitrogen and oxygen atoms in total. The summed E-state index contributed by atoms with van der Waals surface area (Å²) in [6.07, 6.45) is -0.700. The molecule has 0 fully saturated rings. The van der Waals surface area contributed by atoms with Crippen LogP contribution in [-0.4, -0.2) is 22.2 Å². The maximum Gasteiger partial charge on any atom is 0.416 e. The van der Waals surface area contributed by atoms with E-state index in [4.69, 9.17) is 0 Å². The molecule has 0 unspecified atom stereocenters. The summed E-state index contributed by atoms with van der Waals surface area (Å²) in [5, 5.41) is 22.8. The first kappa shape index (κ1) is 23.5. The lowest BCUT2D eigenvalue weighted by Crippen LogP contribution is -2.33. The van der Waals surface area contributed by atoms with Crippen LogP contribution in [0.15, 0.2) is 46.8 Å². The number of halogens is 3. The summed E-state index contributed by atoms with van der Waals surface area (Å²) in [6.45, 7) is 3.90. The molecular weight excluding hydrogens is 399 g/mol. The van der Waals surface area contributed by atoms with Crippen LogP contribution in [0.1, 0.15) is 69.4 Å². The summed E-state index contributed by atoms with van der Waals surface area (Å²) in [6, 6.07) is 4.04. The number of carboxylic acids is 2. The number of carbonyl (C=O) groups is 2. The van der Waals surface area contributed by atoms with Crippen LogP contribution in [0.4, 0.5) is 13.2 Å². The molecule has 1 heterocycles. The summed E-state index contributed by atoms with van der Waals surface area (Å²) in [7, 11) is 0. The number of aliphatic carboxylic acids is 2. The lowest BCUT2D eigenvalue weighted by Gasteiger charge is -2.31. The first-order chi connectivity index (χ1) is 14.1. The van der Waals surface area contributed by atoms with E-state index in [1.165, 1.54) is 12.1 Å². The summed E-state index contributed by atoms with van der Waals surface area (Å²) in [4.78, 5) is 24.3. The Kier molecular flexibility index (Phi) is 7.70. The van der Waals surface area contributed by atoms with E-state index in [1.807, 2.05) is 13.8 Å². The number of carboxylic acid groups (broad SMARTS) is 2. The maximum absolute atomic E-state index is 13.0. The van der Waals surface area contributed by atoms with Gasteiger partial charge in [0.2, 0.25) is 0 Å². The van der Waals surface area contributed by atoms with Crippen LogP contribution in [0.2, 0.25) is 0 Å². The van der Waals surface area contributed by atoms with Gasteiger partial charge in [-0.2, -0.15) is 13.2 Å². The third kappa shape index (κ3) is 5.23. The first-order valence-corrected chi connectivity index (χ1v) is 9.98. The highest BCUT2D eigenvalue weighted by Gasteiger charge is 2.38. The molecule has 0 radical (unpaired) electrons. The SMILES string of the molecule is CCCCC1=C(C(=O)O)C(c2ccc(C(F)(F)F)cc2)C(C(=O)O)=C(CCCC)N1. The Morgan fingerprint density at radius 2 is 1.33 bits per heavy atom. The van der Waals surface area contributed by atoms with Crippen molar-refractivity contribution in [2.45, 2.75) is 64.5 Å². The van der Waals surface area contributed by atoms with Crippen LogP contribution in [-0.2, 0) is 15.8 Å². The van der Waals surface area contributed by atoms with E-state index in [0.717, 1.165) is 25.0 Å². The molecule has 0 aromatic heterocycles. The topological polar surface area (TPSA) is 86.6 Å². The number of hydrogen-bond donors (Lipinski definition) is 3. The van der Waals surface area contributed by atoms with E-state index in [-0.39, 0.29) is 16.7 Å². The lowest BCUT2D eigenvalue weighted by molar-refractivity contribution is -0.138. The second-order valence-corrected chi connectivity index (χ2v) is 7.28. The molecule has 0 amide bonds. The molecule has 2 rings (SSSR count). The van der Waals surface area contributed by atoms with Gasteiger partial charge in [0.25, 0.3) is 0 Å². The molecule has 0 aliphatic carbocycles. The van der Waals surface area contributed by atoms with Crippen LogP contribution < -0.4 is 5.32 Å². The Balaban J connectivity index is 2.68. The molecular formula is C22H26F3NO4. The van der Waals surface area contributed by atoms with E-state index in [0.29, 0.717) is 37.1 Å². The molecule has 0 saturated carbocycles. The van der Waals surface area contributed by atoms with Gasteiger partial charge in [0.15, 0.2) is 0 Å². The predicted molar refractivity (Wildman–Crippen MR) is 106 cm³/mol. The standard InChI is InChI=1S/C22H26F3NO4/c1-3-5-7-15-18(20(27)28)17(13-9-11-14(12-10-13)22(23,24)25)19(21(29)30)16(26-15)8-6-4-2/h9-12,17,26H,3-8H2,1-2H3,(H,27,28)(H,29,30). The minimum absolute atomic E-state index is 0.124. The number of rotatable bonds is 9.